The third kappa shape index (κ3) is 5.33. The maximum absolute atomic E-state index is 12.6. The van der Waals surface area contributed by atoms with Gasteiger partial charge < -0.3 is 15.4 Å². The number of para-hydroxylation sites is 1. The van der Waals surface area contributed by atoms with Gasteiger partial charge in [-0.15, -0.1) is 0 Å². The Bertz CT molecular complexity index is 777. The van der Waals surface area contributed by atoms with Gasteiger partial charge in [0.2, 0.25) is 0 Å². The Hall–Kier alpha value is -2.34. The zero-order valence-corrected chi connectivity index (χ0v) is 16.6. The van der Waals surface area contributed by atoms with Gasteiger partial charge in [-0.05, 0) is 59.6 Å². The van der Waals surface area contributed by atoms with Crippen LogP contribution in [0.3, 0.4) is 0 Å². The number of ether oxygens (including phenoxy) is 1. The highest BCUT2D eigenvalue weighted by Gasteiger charge is 2.14. The molecule has 2 amide bonds. The Morgan fingerprint density at radius 1 is 1.08 bits per heavy atom. The monoisotopic (exact) mass is 418 g/mol. The number of carbonyl (C=O) groups excluding carboxylic acids is 2. The molecule has 6 heteroatoms. The van der Waals surface area contributed by atoms with Crippen molar-refractivity contribution < 1.29 is 14.3 Å². The molecular formula is C20H23BrN2O3. The highest BCUT2D eigenvalue weighted by atomic mass is 79.9. The van der Waals surface area contributed by atoms with Gasteiger partial charge in [-0.25, -0.2) is 0 Å². The molecule has 0 aromatic heterocycles. The van der Waals surface area contributed by atoms with Crippen LogP contribution in [0.1, 0.15) is 47.4 Å². The lowest BCUT2D eigenvalue weighted by Gasteiger charge is -2.12. The van der Waals surface area contributed by atoms with Crippen LogP contribution in [-0.4, -0.2) is 25.0 Å². The van der Waals surface area contributed by atoms with E-state index in [9.17, 15) is 9.59 Å². The average Bonchev–Trinajstić information content (AvgIpc) is 2.63. The third-order valence-electron chi connectivity index (χ3n) is 3.71. The van der Waals surface area contributed by atoms with Crippen LogP contribution in [-0.2, 0) is 0 Å². The van der Waals surface area contributed by atoms with Gasteiger partial charge in [-0.2, -0.15) is 0 Å². The summed E-state index contributed by atoms with van der Waals surface area (Å²) in [6.07, 6.45) is 2.04. The number of hydrogen-bond acceptors (Lipinski definition) is 3. The van der Waals surface area contributed by atoms with Gasteiger partial charge in [0.15, 0.2) is 0 Å². The van der Waals surface area contributed by atoms with Crippen LogP contribution in [0, 0.1) is 0 Å². The summed E-state index contributed by atoms with van der Waals surface area (Å²) in [6.45, 7) is 5.11. The number of nitrogens with one attached hydrogen (secondary N) is 2. The van der Waals surface area contributed by atoms with E-state index in [1.54, 1.807) is 42.5 Å². The van der Waals surface area contributed by atoms with Crippen molar-refractivity contribution in [2.45, 2.75) is 26.7 Å². The molecule has 0 spiro atoms. The van der Waals surface area contributed by atoms with Gasteiger partial charge >= 0.3 is 0 Å². The average molecular weight is 419 g/mol. The summed E-state index contributed by atoms with van der Waals surface area (Å²) in [4.78, 5) is 24.7. The fourth-order valence-corrected chi connectivity index (χ4v) is 2.82. The lowest BCUT2D eigenvalue weighted by atomic mass is 10.1. The third-order valence-corrected chi connectivity index (χ3v) is 4.33. The molecule has 2 rings (SSSR count). The SMILES string of the molecule is CCCCOc1ccc(C(=O)Nc2ccccc2C(=O)NCC)cc1Br. The van der Waals surface area contributed by atoms with Crippen molar-refractivity contribution >= 4 is 33.4 Å². The number of benzene rings is 2. The predicted molar refractivity (Wildman–Crippen MR) is 107 cm³/mol. The summed E-state index contributed by atoms with van der Waals surface area (Å²) in [5, 5.41) is 5.55. The minimum absolute atomic E-state index is 0.218. The maximum atomic E-state index is 12.6. The van der Waals surface area contributed by atoms with Gasteiger partial charge in [0.1, 0.15) is 5.75 Å². The lowest BCUT2D eigenvalue weighted by molar-refractivity contribution is 0.0956. The molecule has 0 aliphatic rings. The van der Waals surface area contributed by atoms with Crippen molar-refractivity contribution in [2.24, 2.45) is 0 Å². The molecule has 0 atom stereocenters. The van der Waals surface area contributed by atoms with E-state index in [-0.39, 0.29) is 11.8 Å². The van der Waals surface area contributed by atoms with Gasteiger partial charge in [-0.1, -0.05) is 25.5 Å². The van der Waals surface area contributed by atoms with E-state index >= 15 is 0 Å². The van der Waals surface area contributed by atoms with Crippen molar-refractivity contribution in [3.05, 3.63) is 58.1 Å². The highest BCUT2D eigenvalue weighted by molar-refractivity contribution is 9.10. The van der Waals surface area contributed by atoms with Gasteiger partial charge in [0, 0.05) is 12.1 Å². The molecule has 0 fully saturated rings. The molecule has 0 bridgehead atoms. The minimum atomic E-state index is -0.289. The van der Waals surface area contributed by atoms with Crippen molar-refractivity contribution in [2.75, 3.05) is 18.5 Å². The molecule has 0 radical (unpaired) electrons. The number of rotatable bonds is 8. The molecule has 138 valence electrons. The molecule has 0 aliphatic heterocycles. The predicted octanol–water partition coefficient (Wildman–Crippen LogP) is 4.63. The highest BCUT2D eigenvalue weighted by Crippen LogP contribution is 2.27. The van der Waals surface area contributed by atoms with Crippen LogP contribution in [0.5, 0.6) is 5.75 Å². The normalized spacial score (nSPS) is 10.3. The molecular weight excluding hydrogens is 396 g/mol. The van der Waals surface area contributed by atoms with Crippen LogP contribution in [0.15, 0.2) is 46.9 Å². The summed E-state index contributed by atoms with van der Waals surface area (Å²) < 4.78 is 6.40. The molecule has 0 unspecified atom stereocenters. The molecule has 0 saturated heterocycles. The smallest absolute Gasteiger partial charge is 0.255 e. The fourth-order valence-electron chi connectivity index (χ4n) is 2.33. The quantitative estimate of drug-likeness (QED) is 0.613. The van der Waals surface area contributed by atoms with Crippen LogP contribution in [0.2, 0.25) is 0 Å². The van der Waals surface area contributed by atoms with Gasteiger partial charge in [0.25, 0.3) is 11.8 Å². The van der Waals surface area contributed by atoms with E-state index in [1.807, 2.05) is 6.92 Å². The second kappa shape index (κ2) is 9.97. The lowest BCUT2D eigenvalue weighted by Crippen LogP contribution is -2.24. The Morgan fingerprint density at radius 3 is 2.54 bits per heavy atom. The van der Waals surface area contributed by atoms with E-state index in [0.29, 0.717) is 35.7 Å². The summed E-state index contributed by atoms with van der Waals surface area (Å²) in [5.41, 5.74) is 1.38. The number of hydrogen-bond donors (Lipinski definition) is 2. The minimum Gasteiger partial charge on any atom is -0.492 e. The maximum Gasteiger partial charge on any atom is 0.255 e. The van der Waals surface area contributed by atoms with Gasteiger partial charge in [-0.3, -0.25) is 9.59 Å². The largest absolute Gasteiger partial charge is 0.492 e. The summed E-state index contributed by atoms with van der Waals surface area (Å²) in [7, 11) is 0. The van der Waals surface area contributed by atoms with Crippen LogP contribution in [0.4, 0.5) is 5.69 Å². The van der Waals surface area contributed by atoms with Gasteiger partial charge in [0.05, 0.1) is 22.3 Å². The Balaban J connectivity index is 2.13. The van der Waals surface area contributed by atoms with Crippen molar-refractivity contribution in [3.8, 4) is 5.75 Å². The number of amides is 2. The number of unbranched alkanes of at least 4 members (excludes halogenated alkanes) is 1. The second-order valence-electron chi connectivity index (χ2n) is 5.71. The summed E-state index contributed by atoms with van der Waals surface area (Å²) in [5.74, 6) is 0.199. The van der Waals surface area contributed by atoms with E-state index in [4.69, 9.17) is 4.74 Å². The van der Waals surface area contributed by atoms with Crippen molar-refractivity contribution in [3.63, 3.8) is 0 Å². The molecule has 0 saturated carbocycles. The van der Waals surface area contributed by atoms with E-state index < -0.39 is 0 Å². The van der Waals surface area contributed by atoms with E-state index in [1.165, 1.54) is 0 Å². The molecule has 2 aromatic rings. The Kier molecular flexibility index (Phi) is 7.66. The zero-order chi connectivity index (χ0) is 18.9. The first-order chi connectivity index (χ1) is 12.6. The zero-order valence-electron chi connectivity index (χ0n) is 15.0. The van der Waals surface area contributed by atoms with E-state index in [2.05, 4.69) is 33.5 Å². The fraction of sp³-hybridized carbons (Fsp3) is 0.300. The van der Waals surface area contributed by atoms with Crippen LogP contribution < -0.4 is 15.4 Å². The molecule has 26 heavy (non-hydrogen) atoms. The molecule has 2 aromatic carbocycles. The molecule has 0 aliphatic carbocycles. The summed E-state index contributed by atoms with van der Waals surface area (Å²) in [6, 6.07) is 12.1. The first-order valence-electron chi connectivity index (χ1n) is 8.67. The van der Waals surface area contributed by atoms with E-state index in [0.717, 1.165) is 17.3 Å². The molecule has 2 N–H and O–H groups in total. The first-order valence-corrected chi connectivity index (χ1v) is 9.47. The van der Waals surface area contributed by atoms with Crippen LogP contribution >= 0.6 is 15.9 Å². The van der Waals surface area contributed by atoms with Crippen molar-refractivity contribution in [1.29, 1.82) is 0 Å². The second-order valence-corrected chi connectivity index (χ2v) is 6.56. The topological polar surface area (TPSA) is 67.4 Å². The Morgan fingerprint density at radius 2 is 1.85 bits per heavy atom. The number of halogens is 1. The number of anilines is 1. The molecule has 0 heterocycles. The Labute approximate surface area is 162 Å². The molecule has 5 nitrogen and oxygen atoms in total. The van der Waals surface area contributed by atoms with Crippen LogP contribution in [0.25, 0.3) is 0 Å². The standard InChI is InChI=1S/C20H23BrN2O3/c1-3-5-12-26-18-11-10-14(13-16(18)21)19(24)23-17-9-7-6-8-15(17)20(25)22-4-2/h6-11,13H,3-5,12H2,1-2H3,(H,22,25)(H,23,24). The summed E-state index contributed by atoms with van der Waals surface area (Å²) >= 11 is 3.44. The number of carbonyl (C=O) groups is 2. The van der Waals surface area contributed by atoms with Crippen molar-refractivity contribution in [1.82, 2.24) is 5.32 Å². The first kappa shape index (κ1) is 20.0.